The fourth-order valence-electron chi connectivity index (χ4n) is 3.74. The number of nitrogens with one attached hydrogen (secondary N) is 1. The molecule has 1 aliphatic carbocycles. The predicted octanol–water partition coefficient (Wildman–Crippen LogP) is 0.748. The van der Waals surface area contributed by atoms with Crippen LogP contribution in [0.5, 0.6) is 0 Å². The highest BCUT2D eigenvalue weighted by molar-refractivity contribution is 7.90. The molecule has 0 unspecified atom stereocenters. The zero-order chi connectivity index (χ0) is 18.3. The van der Waals surface area contributed by atoms with Crippen LogP contribution in [-0.4, -0.2) is 64.4 Å². The Morgan fingerprint density at radius 3 is 2.62 bits per heavy atom. The molecule has 26 heavy (non-hydrogen) atoms. The number of hydrogen-bond acceptors (Lipinski definition) is 6. The quantitative estimate of drug-likeness (QED) is 0.759. The van der Waals surface area contributed by atoms with Gasteiger partial charge in [0.2, 0.25) is 22.4 Å². The Morgan fingerprint density at radius 2 is 1.96 bits per heavy atom. The van der Waals surface area contributed by atoms with Gasteiger partial charge in [-0.1, -0.05) is 0 Å². The summed E-state index contributed by atoms with van der Waals surface area (Å²) in [4.78, 5) is 21.9. The summed E-state index contributed by atoms with van der Waals surface area (Å²) in [6, 6.07) is 0.337. The molecule has 2 aliphatic heterocycles. The van der Waals surface area contributed by atoms with Gasteiger partial charge in [-0.15, -0.1) is 0 Å². The van der Waals surface area contributed by atoms with Crippen molar-refractivity contribution in [1.82, 2.24) is 19.2 Å². The second kappa shape index (κ2) is 6.77. The fraction of sp³-hybridized carbons (Fsp3) is 0.706. The van der Waals surface area contributed by atoms with Crippen LogP contribution in [-0.2, 0) is 27.8 Å². The summed E-state index contributed by atoms with van der Waals surface area (Å²) in [5, 5.41) is 3.20. The third kappa shape index (κ3) is 3.42. The molecular formula is C17H25N5O3S. The summed E-state index contributed by atoms with van der Waals surface area (Å²) >= 11 is 0. The molecule has 9 heteroatoms. The molecule has 4 rings (SSSR count). The normalized spacial score (nSPS) is 25.0. The van der Waals surface area contributed by atoms with E-state index in [0.29, 0.717) is 25.6 Å². The van der Waals surface area contributed by atoms with Crippen molar-refractivity contribution >= 4 is 22.4 Å². The topological polar surface area (TPSA) is 95.5 Å². The molecule has 3 aliphatic rings. The van der Waals surface area contributed by atoms with Gasteiger partial charge in [0.05, 0.1) is 17.5 Å². The van der Waals surface area contributed by atoms with Crippen LogP contribution in [0.3, 0.4) is 0 Å². The van der Waals surface area contributed by atoms with E-state index in [9.17, 15) is 13.2 Å². The molecule has 0 bridgehead atoms. The van der Waals surface area contributed by atoms with Crippen molar-refractivity contribution in [1.29, 1.82) is 0 Å². The minimum Gasteiger partial charge on any atom is -0.351 e. The molecule has 3 heterocycles. The molecule has 1 N–H and O–H groups in total. The van der Waals surface area contributed by atoms with Crippen LogP contribution in [0.2, 0.25) is 0 Å². The van der Waals surface area contributed by atoms with Crippen LogP contribution in [0.25, 0.3) is 0 Å². The number of nitrogens with zero attached hydrogens (tertiary/aromatic N) is 4. The summed E-state index contributed by atoms with van der Waals surface area (Å²) in [6.45, 7) is 3.64. The first kappa shape index (κ1) is 17.7. The lowest BCUT2D eigenvalue weighted by molar-refractivity contribution is -0.120. The number of sulfonamides is 1. The van der Waals surface area contributed by atoms with Crippen LogP contribution in [0, 0.1) is 0 Å². The number of carbonyl (C=O) groups excluding carboxylic acids is 1. The molecule has 0 aromatic carbocycles. The molecule has 142 valence electrons. The van der Waals surface area contributed by atoms with Crippen molar-refractivity contribution in [3.05, 3.63) is 17.5 Å². The molecule has 0 radical (unpaired) electrons. The highest BCUT2D eigenvalue weighted by atomic mass is 32.2. The van der Waals surface area contributed by atoms with Crippen LogP contribution < -0.4 is 5.32 Å². The molecule has 1 saturated heterocycles. The van der Waals surface area contributed by atoms with E-state index in [-0.39, 0.29) is 17.3 Å². The Kier molecular flexibility index (Phi) is 4.60. The molecule has 1 amide bonds. The number of aromatic nitrogens is 2. The Bertz CT molecular complexity index is 788. The molecular weight excluding hydrogens is 354 g/mol. The number of anilines is 1. The molecule has 1 saturated carbocycles. The maximum atomic E-state index is 12.3. The average Bonchev–Trinajstić information content (AvgIpc) is 3.47. The Balaban J connectivity index is 1.38. The molecule has 8 nitrogen and oxygen atoms in total. The summed E-state index contributed by atoms with van der Waals surface area (Å²) in [5.74, 6) is 0.563. The first-order valence-corrected chi connectivity index (χ1v) is 10.8. The van der Waals surface area contributed by atoms with Crippen LogP contribution in [0.4, 0.5) is 5.95 Å². The molecule has 1 atom stereocenters. The molecule has 1 aromatic rings. The van der Waals surface area contributed by atoms with E-state index in [0.717, 1.165) is 49.8 Å². The van der Waals surface area contributed by atoms with Gasteiger partial charge in [-0.2, -0.15) is 0 Å². The van der Waals surface area contributed by atoms with Gasteiger partial charge in [-0.25, -0.2) is 22.7 Å². The Hall–Kier alpha value is -1.74. The fourth-order valence-corrected chi connectivity index (χ4v) is 5.61. The molecule has 0 spiro atoms. The van der Waals surface area contributed by atoms with E-state index >= 15 is 0 Å². The third-order valence-electron chi connectivity index (χ3n) is 5.60. The third-order valence-corrected chi connectivity index (χ3v) is 7.99. The lowest BCUT2D eigenvalue weighted by Gasteiger charge is -2.33. The maximum Gasteiger partial charge on any atom is 0.223 e. The van der Waals surface area contributed by atoms with E-state index in [1.807, 2.05) is 13.1 Å². The van der Waals surface area contributed by atoms with Gasteiger partial charge in [0.25, 0.3) is 0 Å². The van der Waals surface area contributed by atoms with Gasteiger partial charge < -0.3 is 10.2 Å². The van der Waals surface area contributed by atoms with Crippen molar-refractivity contribution in [3.8, 4) is 0 Å². The highest BCUT2D eigenvalue weighted by Crippen LogP contribution is 2.32. The number of rotatable bonds is 5. The SMILES string of the molecule is C[C@@H]1Cc2cnc(NC3CCN(S(=O)(=O)C4CC4)CC3)nc2CN1C=O. The van der Waals surface area contributed by atoms with Gasteiger partial charge in [0.1, 0.15) is 0 Å². The van der Waals surface area contributed by atoms with Crippen LogP contribution >= 0.6 is 0 Å². The monoisotopic (exact) mass is 379 g/mol. The van der Waals surface area contributed by atoms with Crippen molar-refractivity contribution < 1.29 is 13.2 Å². The molecule has 2 fully saturated rings. The lowest BCUT2D eigenvalue weighted by Crippen LogP contribution is -2.44. The van der Waals surface area contributed by atoms with Crippen molar-refractivity contribution in [3.63, 3.8) is 0 Å². The van der Waals surface area contributed by atoms with Crippen molar-refractivity contribution in [2.24, 2.45) is 0 Å². The van der Waals surface area contributed by atoms with Gasteiger partial charge in [-0.05, 0) is 44.6 Å². The van der Waals surface area contributed by atoms with E-state index in [2.05, 4.69) is 15.3 Å². The zero-order valence-corrected chi connectivity index (χ0v) is 15.8. The first-order chi connectivity index (χ1) is 12.5. The molecule has 1 aromatic heterocycles. The second-order valence-electron chi connectivity index (χ2n) is 7.56. The van der Waals surface area contributed by atoms with Gasteiger partial charge >= 0.3 is 0 Å². The number of amides is 1. The number of fused-ring (bicyclic) bond motifs is 1. The average molecular weight is 379 g/mol. The smallest absolute Gasteiger partial charge is 0.223 e. The standard InChI is InChI=1S/C17H25N5O3S/c1-12-8-13-9-18-17(20-16(13)10-21(12)11-23)19-14-4-6-22(7-5-14)26(24,25)15-2-3-15/h9,11-12,14-15H,2-8,10H2,1H3,(H,18,19,20)/t12-/m1/s1. The number of hydrogen-bond donors (Lipinski definition) is 1. The van der Waals surface area contributed by atoms with Crippen LogP contribution in [0.1, 0.15) is 43.9 Å². The Labute approximate surface area is 154 Å². The maximum absolute atomic E-state index is 12.3. The van der Waals surface area contributed by atoms with E-state index in [4.69, 9.17) is 0 Å². The van der Waals surface area contributed by atoms with E-state index < -0.39 is 10.0 Å². The predicted molar refractivity (Wildman–Crippen MR) is 97.0 cm³/mol. The first-order valence-electron chi connectivity index (χ1n) is 9.28. The second-order valence-corrected chi connectivity index (χ2v) is 9.77. The van der Waals surface area contributed by atoms with Gasteiger partial charge in [0, 0.05) is 31.4 Å². The van der Waals surface area contributed by atoms with Gasteiger partial charge in [0.15, 0.2) is 0 Å². The van der Waals surface area contributed by atoms with E-state index in [1.165, 1.54) is 0 Å². The largest absolute Gasteiger partial charge is 0.351 e. The lowest BCUT2D eigenvalue weighted by atomic mass is 10.0. The highest BCUT2D eigenvalue weighted by Gasteiger charge is 2.41. The number of carbonyl (C=O) groups is 1. The Morgan fingerprint density at radius 1 is 1.23 bits per heavy atom. The van der Waals surface area contributed by atoms with Crippen LogP contribution in [0.15, 0.2) is 6.20 Å². The summed E-state index contributed by atoms with van der Waals surface area (Å²) in [6.07, 6.45) is 6.61. The minimum absolute atomic E-state index is 0.140. The zero-order valence-electron chi connectivity index (χ0n) is 15.0. The minimum atomic E-state index is -3.08. The van der Waals surface area contributed by atoms with E-state index in [1.54, 1.807) is 9.21 Å². The van der Waals surface area contributed by atoms with Crippen molar-refractivity contribution in [2.75, 3.05) is 18.4 Å². The number of piperidine rings is 1. The van der Waals surface area contributed by atoms with Crippen molar-refractivity contribution in [2.45, 2.75) is 62.9 Å². The summed E-state index contributed by atoms with van der Waals surface area (Å²) in [5.41, 5.74) is 1.98. The van der Waals surface area contributed by atoms with Gasteiger partial charge in [-0.3, -0.25) is 4.79 Å². The summed E-state index contributed by atoms with van der Waals surface area (Å²) < 4.78 is 26.3. The summed E-state index contributed by atoms with van der Waals surface area (Å²) in [7, 11) is -3.08.